The van der Waals surface area contributed by atoms with E-state index in [-0.39, 0.29) is 0 Å². The van der Waals surface area contributed by atoms with Crippen LogP contribution in [0.25, 0.3) is 249 Å². The molecule has 17 aromatic carbocycles. The van der Waals surface area contributed by atoms with Crippen LogP contribution in [0.3, 0.4) is 0 Å². The normalized spacial score (nSPS) is 11.9. The van der Waals surface area contributed by atoms with Crippen molar-refractivity contribution in [2.45, 2.75) is 0 Å². The summed E-state index contributed by atoms with van der Waals surface area (Å²) in [4.78, 5) is 35.4. The monoisotopic (exact) mass is 1670 g/mol. The fraction of sp³-hybridized carbons (Fsp3) is 0. The van der Waals surface area contributed by atoms with E-state index in [2.05, 4.69) is 340 Å². The lowest BCUT2D eigenvalue weighted by Crippen LogP contribution is -2.06. The molecular formula is C113H67N11S3. The van der Waals surface area contributed by atoms with E-state index >= 15 is 0 Å². The largest absolute Gasteiger partial charge is 0.308 e. The number of imidazole rings is 1. The van der Waals surface area contributed by atoms with Gasteiger partial charge in [0, 0.05) is 125 Å². The van der Waals surface area contributed by atoms with Gasteiger partial charge in [-0.3, -0.25) is 14.1 Å². The van der Waals surface area contributed by atoms with Gasteiger partial charge in [0.2, 0.25) is 11.9 Å². The Morgan fingerprint density at radius 1 is 0.252 bits per heavy atom. The van der Waals surface area contributed by atoms with Crippen LogP contribution in [0.5, 0.6) is 0 Å². The summed E-state index contributed by atoms with van der Waals surface area (Å²) >= 11 is 5.58. The van der Waals surface area contributed by atoms with Crippen molar-refractivity contribution >= 4 is 209 Å². The van der Waals surface area contributed by atoms with Crippen molar-refractivity contribution in [2.75, 3.05) is 0 Å². The topological polar surface area (TPSA) is 109 Å². The van der Waals surface area contributed by atoms with Crippen LogP contribution in [0.1, 0.15) is 0 Å². The summed E-state index contributed by atoms with van der Waals surface area (Å²) in [6, 6.07) is 137. The van der Waals surface area contributed by atoms with Crippen molar-refractivity contribution in [1.29, 1.82) is 0 Å². The van der Waals surface area contributed by atoms with Gasteiger partial charge in [0.05, 0.1) is 58.4 Å². The Hall–Kier alpha value is -16.2. The van der Waals surface area contributed by atoms with Gasteiger partial charge in [-0.05, 0) is 122 Å². The molecular weight excluding hydrogens is 1610 g/mol. The average Bonchev–Trinajstić information content (AvgIpc) is 1.55. The molecule has 28 aromatic rings. The molecule has 14 heteroatoms. The standard InChI is InChI=1S/C41H24N4S.C37H22N4S.C35H21N3S/c1-2-12-25(13-3-1)26-14-10-15-27(24-26)37-38-32(20-11-23-42-38)43-41(44-37)45-33-21-8-6-18-30(33)35-28-16-4-5-17-29(28)36-31-19-7-9-22-34(31)46-40(36)39(35)45;1-3-12-24(13-4-1)35-38-36(25-14-5-2-6-15-25)40-37(39-35)41-30-18-10-9-17-27(30)28-20-21-29-32-26-16-8-7-11-23(26)19-22-31(32)42-34(29)33(28)41;1-2-10-25-24(9-1)32-26-11-3-5-13-29(26)38(34(32)35-33(25)27-12-4-6-14-30(27)39-35)23-18-16-22(17-19-23)28-21-37-20-8-7-15-31(37)36-28/h1-24H;1-22H;1-21H. The Morgan fingerprint density at radius 2 is 0.740 bits per heavy atom. The van der Waals surface area contributed by atoms with Gasteiger partial charge in [-0.2, -0.15) is 9.97 Å². The van der Waals surface area contributed by atoms with Crippen molar-refractivity contribution in [3.05, 3.63) is 407 Å². The highest BCUT2D eigenvalue weighted by atomic mass is 32.1. The van der Waals surface area contributed by atoms with Gasteiger partial charge < -0.3 is 8.97 Å². The number of hydrogen-bond donors (Lipinski definition) is 0. The zero-order valence-corrected chi connectivity index (χ0v) is 70.3. The molecule has 11 nitrogen and oxygen atoms in total. The summed E-state index contributed by atoms with van der Waals surface area (Å²) in [7, 11) is 0. The molecule has 0 radical (unpaired) electrons. The van der Waals surface area contributed by atoms with Gasteiger partial charge in [-0.15, -0.1) is 34.0 Å². The molecule has 11 aromatic heterocycles. The van der Waals surface area contributed by atoms with E-state index in [9.17, 15) is 0 Å². The predicted octanol–water partition coefficient (Wildman–Crippen LogP) is 30.4. The minimum atomic E-state index is 0.615. The van der Waals surface area contributed by atoms with Gasteiger partial charge in [0.25, 0.3) is 0 Å². The lowest BCUT2D eigenvalue weighted by molar-refractivity contribution is 0.955. The number of hydrogen-bond acceptors (Lipinski definition) is 10. The third-order valence-corrected chi connectivity index (χ3v) is 28.6. The average molecular weight is 1680 g/mol. The zero-order valence-electron chi connectivity index (χ0n) is 67.8. The molecule has 0 bridgehead atoms. The molecule has 0 saturated carbocycles. The number of aromatic nitrogens is 11. The molecule has 0 saturated heterocycles. The van der Waals surface area contributed by atoms with Crippen LogP contribution < -0.4 is 0 Å². The predicted molar refractivity (Wildman–Crippen MR) is 534 cm³/mol. The maximum Gasteiger partial charge on any atom is 0.238 e. The highest BCUT2D eigenvalue weighted by Gasteiger charge is 2.28. The molecule has 592 valence electrons. The fourth-order valence-corrected chi connectivity index (χ4v) is 23.2. The second-order valence-corrected chi connectivity index (χ2v) is 35.3. The maximum atomic E-state index is 5.38. The Bertz CT molecular complexity index is 9280. The molecule has 0 aliphatic rings. The zero-order chi connectivity index (χ0) is 83.3. The number of benzene rings is 17. The molecule has 0 fully saturated rings. The van der Waals surface area contributed by atoms with Crippen LogP contribution in [-0.4, -0.2) is 53.0 Å². The quantitative estimate of drug-likeness (QED) is 0.149. The number of para-hydroxylation sites is 3. The smallest absolute Gasteiger partial charge is 0.238 e. The first-order chi connectivity index (χ1) is 63.0. The van der Waals surface area contributed by atoms with E-state index in [1.165, 1.54) is 136 Å². The van der Waals surface area contributed by atoms with Crippen LogP contribution in [0.15, 0.2) is 407 Å². The van der Waals surface area contributed by atoms with Crippen LogP contribution in [0.4, 0.5) is 0 Å². The molecule has 0 atom stereocenters. The fourth-order valence-electron chi connectivity index (χ4n) is 19.5. The second-order valence-electron chi connectivity index (χ2n) is 32.1. The van der Waals surface area contributed by atoms with Gasteiger partial charge in [0.1, 0.15) is 16.9 Å². The molecule has 127 heavy (non-hydrogen) atoms. The number of nitrogens with zero attached hydrogens (tertiary/aromatic N) is 11. The van der Waals surface area contributed by atoms with Crippen molar-refractivity contribution in [2.24, 2.45) is 0 Å². The Labute approximate surface area is 737 Å². The summed E-state index contributed by atoms with van der Waals surface area (Å²) in [5, 5.41) is 22.9. The molecule has 28 rings (SSSR count). The first-order valence-corrected chi connectivity index (χ1v) is 44.9. The summed E-state index contributed by atoms with van der Waals surface area (Å²) in [5.74, 6) is 2.56. The van der Waals surface area contributed by atoms with Gasteiger partial charge in [0.15, 0.2) is 11.6 Å². The summed E-state index contributed by atoms with van der Waals surface area (Å²) in [5.41, 5.74) is 18.8. The van der Waals surface area contributed by atoms with Crippen LogP contribution >= 0.6 is 34.0 Å². The van der Waals surface area contributed by atoms with E-state index in [1.807, 2.05) is 119 Å². The Kier molecular flexibility index (Phi) is 16.7. The van der Waals surface area contributed by atoms with E-state index in [0.717, 1.165) is 89.2 Å². The third-order valence-electron chi connectivity index (χ3n) is 25.0. The molecule has 0 N–H and O–H groups in total. The van der Waals surface area contributed by atoms with Crippen molar-refractivity contribution in [3.8, 4) is 74.0 Å². The first-order valence-electron chi connectivity index (χ1n) is 42.5. The van der Waals surface area contributed by atoms with Crippen LogP contribution in [-0.2, 0) is 0 Å². The summed E-state index contributed by atoms with van der Waals surface area (Å²) in [6.45, 7) is 0. The van der Waals surface area contributed by atoms with Crippen molar-refractivity contribution < 1.29 is 0 Å². The van der Waals surface area contributed by atoms with Gasteiger partial charge in [-0.1, -0.05) is 309 Å². The number of pyridine rings is 2. The van der Waals surface area contributed by atoms with Crippen LogP contribution in [0, 0.1) is 0 Å². The summed E-state index contributed by atoms with van der Waals surface area (Å²) < 4.78 is 16.7. The third kappa shape index (κ3) is 11.6. The molecule has 0 unspecified atom stereocenters. The minimum absolute atomic E-state index is 0.615. The van der Waals surface area contributed by atoms with E-state index in [4.69, 9.17) is 34.9 Å². The Morgan fingerprint density at radius 3 is 1.38 bits per heavy atom. The van der Waals surface area contributed by atoms with Gasteiger partial charge in [-0.25, -0.2) is 19.9 Å². The van der Waals surface area contributed by atoms with Crippen molar-refractivity contribution in [1.82, 2.24) is 53.0 Å². The van der Waals surface area contributed by atoms with E-state index < -0.39 is 0 Å². The lowest BCUT2D eigenvalue weighted by atomic mass is 9.99. The number of fused-ring (bicyclic) bond motifs is 31. The highest BCUT2D eigenvalue weighted by Crippen LogP contribution is 2.52. The van der Waals surface area contributed by atoms with Gasteiger partial charge >= 0.3 is 0 Å². The SMILES string of the molecule is c1ccc(-c2cccc(-c3nc(-n4c5ccccc5c5c6ccccc6c6c7ccccc7sc6c54)nc4cccnc34)c2)cc1.c1ccc(-c2nc(-c3ccccc3)nc(-n3c4ccccc4c4ccc5c(sc6ccc7ccccc7c65)c43)n2)cc1.c1ccc2c(c1)sc1c2c2ccccc2c2c3ccccc3n(-c3ccc(-c4cn5ccccc5n4)cc3)c12. The van der Waals surface area contributed by atoms with Crippen molar-refractivity contribution in [3.63, 3.8) is 0 Å². The molecule has 11 heterocycles. The van der Waals surface area contributed by atoms with Crippen LogP contribution in [0.2, 0.25) is 0 Å². The first kappa shape index (κ1) is 72.4. The van der Waals surface area contributed by atoms with E-state index in [1.54, 1.807) is 0 Å². The molecule has 0 spiro atoms. The number of thiophene rings is 3. The summed E-state index contributed by atoms with van der Waals surface area (Å²) in [6.07, 6.45) is 5.96. The molecule has 0 aliphatic heterocycles. The highest BCUT2D eigenvalue weighted by molar-refractivity contribution is 7.28. The lowest BCUT2D eigenvalue weighted by Gasteiger charge is -2.13. The minimum Gasteiger partial charge on any atom is -0.308 e. The second kappa shape index (κ2) is 29.2. The maximum absolute atomic E-state index is 5.38. The molecule has 0 aliphatic carbocycles. The van der Waals surface area contributed by atoms with E-state index in [0.29, 0.717) is 23.5 Å². The Balaban J connectivity index is 0.000000101. The molecule has 0 amide bonds. The number of rotatable bonds is 8.